The van der Waals surface area contributed by atoms with Crippen molar-refractivity contribution in [1.29, 1.82) is 0 Å². The van der Waals surface area contributed by atoms with E-state index in [1.54, 1.807) is 29.2 Å². The highest BCUT2D eigenvalue weighted by Gasteiger charge is 2.19. The summed E-state index contributed by atoms with van der Waals surface area (Å²) in [7, 11) is -1.17. The standard InChI is InChI=1S/C25H33N5O4Si/c1-35(2,3)11-10-33-17-30-24(27-16-28-30)19-12-18(14-26-15-19)22-13-21(8-9-23(22)31)34-25(32)29-20-6-4-5-7-20/h8-9,12-16,20,31H,4-7,10-11,17H2,1-3H3,(H,29,32). The number of hydrogen-bond acceptors (Lipinski definition) is 7. The van der Waals surface area contributed by atoms with E-state index >= 15 is 0 Å². The SMILES string of the molecule is C[Si](C)(C)CCOCn1ncnc1-c1cncc(-c2cc(OC(=O)NC3CCCC3)ccc2O)c1. The molecule has 0 aliphatic heterocycles. The van der Waals surface area contributed by atoms with E-state index in [1.807, 2.05) is 6.07 Å². The lowest BCUT2D eigenvalue weighted by Crippen LogP contribution is -2.34. The first-order chi connectivity index (χ1) is 16.8. The molecule has 1 fully saturated rings. The highest BCUT2D eigenvalue weighted by molar-refractivity contribution is 6.76. The predicted molar refractivity (Wildman–Crippen MR) is 136 cm³/mol. The van der Waals surface area contributed by atoms with Gasteiger partial charge < -0.3 is 19.9 Å². The second-order valence-corrected chi connectivity index (χ2v) is 15.7. The number of phenols is 1. The first-order valence-corrected chi connectivity index (χ1v) is 15.7. The molecule has 1 aliphatic rings. The van der Waals surface area contributed by atoms with Crippen molar-refractivity contribution in [3.8, 4) is 34.0 Å². The number of phenolic OH excluding ortho intramolecular Hbond substituents is 1. The third-order valence-electron chi connectivity index (χ3n) is 5.99. The van der Waals surface area contributed by atoms with Crippen LogP contribution in [0.15, 0.2) is 43.0 Å². The third-order valence-corrected chi connectivity index (χ3v) is 7.69. The average Bonchev–Trinajstić information content (AvgIpc) is 3.49. The second kappa shape index (κ2) is 11.0. The highest BCUT2D eigenvalue weighted by Crippen LogP contribution is 2.34. The molecule has 1 aromatic carbocycles. The van der Waals surface area contributed by atoms with Crippen LogP contribution >= 0.6 is 0 Å². The Hall–Kier alpha value is -3.24. The van der Waals surface area contributed by atoms with Crippen molar-refractivity contribution >= 4 is 14.2 Å². The molecule has 0 saturated heterocycles. The summed E-state index contributed by atoms with van der Waals surface area (Å²) in [6.45, 7) is 7.92. The van der Waals surface area contributed by atoms with Crippen molar-refractivity contribution in [2.45, 2.75) is 64.1 Å². The Labute approximate surface area is 206 Å². The number of hydrogen-bond donors (Lipinski definition) is 2. The predicted octanol–water partition coefficient (Wildman–Crippen LogP) is 5.06. The summed E-state index contributed by atoms with van der Waals surface area (Å²) in [6.07, 6.45) is 8.53. The van der Waals surface area contributed by atoms with Crippen LogP contribution in [-0.4, -0.2) is 51.7 Å². The Kier molecular flexibility index (Phi) is 7.82. The Balaban J connectivity index is 1.48. The highest BCUT2D eigenvalue weighted by atomic mass is 28.3. The van der Waals surface area contributed by atoms with E-state index in [-0.39, 0.29) is 11.8 Å². The van der Waals surface area contributed by atoms with Gasteiger partial charge in [0, 0.05) is 49.8 Å². The summed E-state index contributed by atoms with van der Waals surface area (Å²) in [5.41, 5.74) is 1.90. The number of aromatic nitrogens is 4. The number of rotatable bonds is 9. The summed E-state index contributed by atoms with van der Waals surface area (Å²) in [5, 5.41) is 17.7. The van der Waals surface area contributed by atoms with Gasteiger partial charge in [-0.05, 0) is 43.2 Å². The number of benzene rings is 1. The fourth-order valence-electron chi connectivity index (χ4n) is 4.00. The minimum Gasteiger partial charge on any atom is -0.507 e. The van der Waals surface area contributed by atoms with Gasteiger partial charge in [-0.15, -0.1) is 0 Å². The Morgan fingerprint density at radius 2 is 1.94 bits per heavy atom. The van der Waals surface area contributed by atoms with Crippen molar-refractivity contribution in [3.05, 3.63) is 43.0 Å². The Morgan fingerprint density at radius 3 is 2.71 bits per heavy atom. The Bertz CT molecular complexity index is 1150. The van der Waals surface area contributed by atoms with E-state index in [1.165, 1.54) is 12.4 Å². The van der Waals surface area contributed by atoms with Crippen molar-refractivity contribution in [3.63, 3.8) is 0 Å². The molecular formula is C25H33N5O4Si. The zero-order valence-corrected chi connectivity index (χ0v) is 21.5. The van der Waals surface area contributed by atoms with Gasteiger partial charge in [0.2, 0.25) is 0 Å². The number of carbonyl (C=O) groups excluding carboxylic acids is 1. The number of nitrogens with zero attached hydrogens (tertiary/aromatic N) is 4. The average molecular weight is 496 g/mol. The molecule has 2 heterocycles. The molecule has 0 radical (unpaired) electrons. The Morgan fingerprint density at radius 1 is 1.17 bits per heavy atom. The molecule has 35 heavy (non-hydrogen) atoms. The lowest BCUT2D eigenvalue weighted by atomic mass is 10.0. The maximum Gasteiger partial charge on any atom is 0.412 e. The van der Waals surface area contributed by atoms with E-state index in [4.69, 9.17) is 9.47 Å². The van der Waals surface area contributed by atoms with Crippen molar-refractivity contribution in [2.75, 3.05) is 6.61 Å². The van der Waals surface area contributed by atoms with Crippen molar-refractivity contribution in [2.24, 2.45) is 0 Å². The smallest absolute Gasteiger partial charge is 0.412 e. The van der Waals surface area contributed by atoms with Gasteiger partial charge in [0.15, 0.2) is 5.82 Å². The van der Waals surface area contributed by atoms with Gasteiger partial charge in [0.1, 0.15) is 24.6 Å². The van der Waals surface area contributed by atoms with Crippen LogP contribution in [-0.2, 0) is 11.5 Å². The third kappa shape index (κ3) is 6.89. The van der Waals surface area contributed by atoms with Crippen LogP contribution in [0.3, 0.4) is 0 Å². The normalized spacial score (nSPS) is 14.3. The van der Waals surface area contributed by atoms with Gasteiger partial charge in [-0.2, -0.15) is 5.10 Å². The van der Waals surface area contributed by atoms with Crippen LogP contribution in [0.25, 0.3) is 22.5 Å². The molecule has 0 atom stereocenters. The van der Waals surface area contributed by atoms with Crippen LogP contribution in [0.1, 0.15) is 25.7 Å². The number of carbonyl (C=O) groups is 1. The maximum absolute atomic E-state index is 12.3. The molecule has 186 valence electrons. The zero-order chi connectivity index (χ0) is 24.8. The molecular weight excluding hydrogens is 462 g/mol. The summed E-state index contributed by atoms with van der Waals surface area (Å²) in [5.74, 6) is 1.02. The number of pyridine rings is 1. The van der Waals surface area contributed by atoms with Gasteiger partial charge in [-0.3, -0.25) is 4.98 Å². The van der Waals surface area contributed by atoms with Gasteiger partial charge in [-0.1, -0.05) is 32.5 Å². The van der Waals surface area contributed by atoms with Crippen LogP contribution in [0.4, 0.5) is 4.79 Å². The van der Waals surface area contributed by atoms with Gasteiger partial charge in [0.05, 0.1) is 0 Å². The number of amides is 1. The molecule has 0 unspecified atom stereocenters. The molecule has 3 aromatic rings. The molecule has 10 heteroatoms. The zero-order valence-electron chi connectivity index (χ0n) is 20.5. The van der Waals surface area contributed by atoms with Crippen molar-refractivity contribution < 1.29 is 19.4 Å². The molecule has 1 aliphatic carbocycles. The topological polar surface area (TPSA) is 111 Å². The minimum absolute atomic E-state index is 0.0589. The molecule has 9 nitrogen and oxygen atoms in total. The molecule has 2 N–H and O–H groups in total. The maximum atomic E-state index is 12.3. The second-order valence-electron chi connectivity index (χ2n) is 10.1. The summed E-state index contributed by atoms with van der Waals surface area (Å²) >= 11 is 0. The lowest BCUT2D eigenvalue weighted by molar-refractivity contribution is 0.0796. The molecule has 1 saturated carbocycles. The minimum atomic E-state index is -1.17. The number of aromatic hydroxyl groups is 1. The summed E-state index contributed by atoms with van der Waals surface area (Å²) in [4.78, 5) is 21.0. The van der Waals surface area contributed by atoms with E-state index in [0.29, 0.717) is 36.0 Å². The van der Waals surface area contributed by atoms with Crippen LogP contribution in [0, 0.1) is 0 Å². The summed E-state index contributed by atoms with van der Waals surface area (Å²) in [6, 6.07) is 7.82. The monoisotopic (exact) mass is 495 g/mol. The fraction of sp³-hybridized carbons (Fsp3) is 0.440. The van der Waals surface area contributed by atoms with Gasteiger partial charge in [0.25, 0.3) is 0 Å². The molecule has 0 bridgehead atoms. The van der Waals surface area contributed by atoms with Crippen LogP contribution in [0.5, 0.6) is 11.5 Å². The van der Waals surface area contributed by atoms with Gasteiger partial charge >= 0.3 is 6.09 Å². The fourth-order valence-corrected chi connectivity index (χ4v) is 4.76. The quantitative estimate of drug-likeness (QED) is 0.315. The first kappa shape index (κ1) is 24.9. The van der Waals surface area contributed by atoms with Gasteiger partial charge in [-0.25, -0.2) is 14.5 Å². The number of ether oxygens (including phenoxy) is 2. The van der Waals surface area contributed by atoms with E-state index in [0.717, 1.165) is 37.3 Å². The molecule has 2 aromatic heterocycles. The molecule has 4 rings (SSSR count). The van der Waals surface area contributed by atoms with E-state index < -0.39 is 14.2 Å². The largest absolute Gasteiger partial charge is 0.507 e. The van der Waals surface area contributed by atoms with Crippen LogP contribution < -0.4 is 10.1 Å². The lowest BCUT2D eigenvalue weighted by Gasteiger charge is -2.15. The van der Waals surface area contributed by atoms with Crippen LogP contribution in [0.2, 0.25) is 25.7 Å². The van der Waals surface area contributed by atoms with Crippen molar-refractivity contribution in [1.82, 2.24) is 25.1 Å². The molecule has 0 spiro atoms. The van der Waals surface area contributed by atoms with E-state index in [2.05, 4.69) is 40.0 Å². The first-order valence-electron chi connectivity index (χ1n) is 12.0. The molecule has 1 amide bonds. The van der Waals surface area contributed by atoms with E-state index in [9.17, 15) is 9.90 Å². The summed E-state index contributed by atoms with van der Waals surface area (Å²) < 4.78 is 13.0. The number of nitrogens with one attached hydrogen (secondary N) is 1.